The van der Waals surface area contributed by atoms with Crippen molar-refractivity contribution in [1.29, 1.82) is 0 Å². The van der Waals surface area contributed by atoms with Crippen molar-refractivity contribution in [2.75, 3.05) is 18.4 Å². The molecule has 0 spiro atoms. The highest BCUT2D eigenvalue weighted by Crippen LogP contribution is 2.22. The molecule has 0 aliphatic carbocycles. The van der Waals surface area contributed by atoms with Gasteiger partial charge in [0.2, 0.25) is 17.6 Å². The summed E-state index contributed by atoms with van der Waals surface area (Å²) in [6.45, 7) is 4.23. The third kappa shape index (κ3) is 4.46. The molecule has 28 heavy (non-hydrogen) atoms. The van der Waals surface area contributed by atoms with Crippen LogP contribution in [0.15, 0.2) is 59.1 Å². The lowest BCUT2D eigenvalue weighted by molar-refractivity contribution is -0.121. The number of piperidine rings is 1. The minimum Gasteiger partial charge on any atom is -0.338 e. The van der Waals surface area contributed by atoms with Gasteiger partial charge in [-0.05, 0) is 44.5 Å². The van der Waals surface area contributed by atoms with E-state index in [9.17, 15) is 4.79 Å². The maximum absolute atomic E-state index is 12.6. The quantitative estimate of drug-likeness (QED) is 0.731. The van der Waals surface area contributed by atoms with Gasteiger partial charge in [-0.25, -0.2) is 0 Å². The van der Waals surface area contributed by atoms with Gasteiger partial charge in [0.1, 0.15) is 0 Å². The molecule has 0 bridgehead atoms. The summed E-state index contributed by atoms with van der Waals surface area (Å²) in [6, 6.07) is 17.6. The fourth-order valence-electron chi connectivity index (χ4n) is 3.59. The topological polar surface area (TPSA) is 71.3 Å². The minimum atomic E-state index is -0.0341. The fourth-order valence-corrected chi connectivity index (χ4v) is 3.59. The van der Waals surface area contributed by atoms with Crippen LogP contribution in [0.3, 0.4) is 0 Å². The van der Waals surface area contributed by atoms with E-state index in [1.807, 2.05) is 61.5 Å². The molecule has 3 aromatic rings. The molecule has 1 aliphatic heterocycles. The van der Waals surface area contributed by atoms with Crippen LogP contribution in [0.5, 0.6) is 0 Å². The first kappa shape index (κ1) is 18.4. The maximum atomic E-state index is 12.6. The molecule has 2 heterocycles. The van der Waals surface area contributed by atoms with Gasteiger partial charge in [-0.2, -0.15) is 4.98 Å². The van der Waals surface area contributed by atoms with Gasteiger partial charge in [0.15, 0.2) is 0 Å². The number of benzene rings is 2. The van der Waals surface area contributed by atoms with Gasteiger partial charge >= 0.3 is 0 Å². The average molecular weight is 376 g/mol. The monoisotopic (exact) mass is 376 g/mol. The third-order valence-electron chi connectivity index (χ3n) is 5.02. The van der Waals surface area contributed by atoms with Crippen molar-refractivity contribution in [3.8, 4) is 11.4 Å². The van der Waals surface area contributed by atoms with Crippen LogP contribution in [-0.2, 0) is 11.3 Å². The van der Waals surface area contributed by atoms with E-state index in [1.165, 1.54) is 0 Å². The van der Waals surface area contributed by atoms with E-state index in [0.717, 1.165) is 36.2 Å². The summed E-state index contributed by atoms with van der Waals surface area (Å²) in [7, 11) is 0. The van der Waals surface area contributed by atoms with Gasteiger partial charge in [-0.15, -0.1) is 0 Å². The van der Waals surface area contributed by atoms with Crippen LogP contribution in [0, 0.1) is 12.8 Å². The Labute approximate surface area is 164 Å². The Bertz CT molecular complexity index is 938. The van der Waals surface area contributed by atoms with E-state index < -0.39 is 0 Å². The molecule has 2 aromatic carbocycles. The summed E-state index contributed by atoms with van der Waals surface area (Å²) >= 11 is 0. The third-order valence-corrected chi connectivity index (χ3v) is 5.02. The Morgan fingerprint density at radius 3 is 2.89 bits per heavy atom. The molecule has 1 saturated heterocycles. The summed E-state index contributed by atoms with van der Waals surface area (Å²) in [5, 5.41) is 7.12. The van der Waals surface area contributed by atoms with Gasteiger partial charge in [0.05, 0.1) is 12.5 Å². The van der Waals surface area contributed by atoms with E-state index in [-0.39, 0.29) is 11.8 Å². The number of nitrogens with zero attached hydrogens (tertiary/aromatic N) is 3. The number of carbonyl (C=O) groups excluding carboxylic acids is 1. The first-order chi connectivity index (χ1) is 13.7. The Kier molecular flexibility index (Phi) is 5.48. The number of amides is 1. The summed E-state index contributed by atoms with van der Waals surface area (Å²) < 4.78 is 5.45. The van der Waals surface area contributed by atoms with Crippen LogP contribution in [0.25, 0.3) is 11.4 Å². The predicted molar refractivity (Wildman–Crippen MR) is 108 cm³/mol. The normalized spacial score (nSPS) is 17.4. The van der Waals surface area contributed by atoms with Crippen LogP contribution in [0.1, 0.15) is 24.3 Å². The maximum Gasteiger partial charge on any atom is 0.241 e. The Morgan fingerprint density at radius 1 is 1.21 bits per heavy atom. The number of aryl methyl sites for hydroxylation is 1. The highest BCUT2D eigenvalue weighted by Gasteiger charge is 2.27. The second-order valence-corrected chi connectivity index (χ2v) is 7.31. The summed E-state index contributed by atoms with van der Waals surface area (Å²) in [4.78, 5) is 19.3. The van der Waals surface area contributed by atoms with Crippen molar-refractivity contribution in [2.45, 2.75) is 26.3 Å². The molecule has 0 saturated carbocycles. The second-order valence-electron chi connectivity index (χ2n) is 7.31. The molecule has 6 nitrogen and oxygen atoms in total. The highest BCUT2D eigenvalue weighted by molar-refractivity contribution is 5.92. The average Bonchev–Trinajstić information content (AvgIpc) is 3.17. The molecule has 1 atom stereocenters. The Hall–Kier alpha value is -2.99. The molecule has 4 rings (SSSR count). The lowest BCUT2D eigenvalue weighted by Gasteiger charge is -2.30. The number of carbonyl (C=O) groups is 1. The molecule has 6 heteroatoms. The van der Waals surface area contributed by atoms with Crippen molar-refractivity contribution in [3.63, 3.8) is 0 Å². The van der Waals surface area contributed by atoms with E-state index in [4.69, 9.17) is 4.52 Å². The minimum absolute atomic E-state index is 0.0341. The number of anilines is 1. The van der Waals surface area contributed by atoms with Crippen LogP contribution >= 0.6 is 0 Å². The molecule has 1 amide bonds. The largest absolute Gasteiger partial charge is 0.338 e. The molecular weight excluding hydrogens is 352 g/mol. The summed E-state index contributed by atoms with van der Waals surface area (Å²) in [5.41, 5.74) is 2.95. The van der Waals surface area contributed by atoms with Gasteiger partial charge in [0, 0.05) is 17.8 Å². The fraction of sp³-hybridized carbons (Fsp3) is 0.318. The lowest BCUT2D eigenvalue weighted by atomic mass is 9.97. The number of aromatic nitrogens is 2. The summed E-state index contributed by atoms with van der Waals surface area (Å²) in [6.07, 6.45) is 1.87. The molecule has 0 radical (unpaired) electrons. The van der Waals surface area contributed by atoms with Gasteiger partial charge in [-0.3, -0.25) is 9.69 Å². The van der Waals surface area contributed by atoms with Gasteiger partial charge in [-0.1, -0.05) is 47.1 Å². The number of hydrogen-bond donors (Lipinski definition) is 1. The SMILES string of the molecule is Cc1cccc(-c2noc(CN3CCCC(C(=O)Nc4ccccc4)C3)n2)c1. The zero-order valence-electron chi connectivity index (χ0n) is 16.0. The van der Waals surface area contributed by atoms with Crippen LogP contribution in [0.2, 0.25) is 0 Å². The number of hydrogen-bond acceptors (Lipinski definition) is 5. The molecule has 1 unspecified atom stereocenters. The van der Waals surface area contributed by atoms with Gasteiger partial charge < -0.3 is 9.84 Å². The standard InChI is InChI=1S/C22H24N4O2/c1-16-7-5-8-17(13-16)21-24-20(28-25-21)15-26-12-6-9-18(14-26)22(27)23-19-10-3-2-4-11-19/h2-5,7-8,10-11,13,18H,6,9,12,14-15H2,1H3,(H,23,27). The zero-order chi connectivity index (χ0) is 19.3. The van der Waals surface area contributed by atoms with E-state index in [0.29, 0.717) is 24.8 Å². The van der Waals surface area contributed by atoms with E-state index >= 15 is 0 Å². The van der Waals surface area contributed by atoms with Crippen molar-refractivity contribution >= 4 is 11.6 Å². The van der Waals surface area contributed by atoms with Crippen molar-refractivity contribution in [2.24, 2.45) is 5.92 Å². The molecule has 1 aromatic heterocycles. The second kappa shape index (κ2) is 8.35. The number of nitrogens with one attached hydrogen (secondary N) is 1. The van der Waals surface area contributed by atoms with Crippen molar-refractivity contribution < 1.29 is 9.32 Å². The number of likely N-dealkylation sites (tertiary alicyclic amines) is 1. The smallest absolute Gasteiger partial charge is 0.241 e. The lowest BCUT2D eigenvalue weighted by Crippen LogP contribution is -2.40. The van der Waals surface area contributed by atoms with Crippen LogP contribution < -0.4 is 5.32 Å². The van der Waals surface area contributed by atoms with Crippen molar-refractivity contribution in [1.82, 2.24) is 15.0 Å². The van der Waals surface area contributed by atoms with Gasteiger partial charge in [0.25, 0.3) is 0 Å². The van der Waals surface area contributed by atoms with Crippen LogP contribution in [-0.4, -0.2) is 34.0 Å². The molecule has 1 aliphatic rings. The Balaban J connectivity index is 1.37. The first-order valence-electron chi connectivity index (χ1n) is 9.65. The summed E-state index contributed by atoms with van der Waals surface area (Å²) in [5.74, 6) is 1.23. The van der Waals surface area contributed by atoms with Crippen LogP contribution in [0.4, 0.5) is 5.69 Å². The molecule has 144 valence electrons. The zero-order valence-corrected chi connectivity index (χ0v) is 16.0. The van der Waals surface area contributed by atoms with Crippen molar-refractivity contribution in [3.05, 3.63) is 66.1 Å². The first-order valence-corrected chi connectivity index (χ1v) is 9.65. The predicted octanol–water partition coefficient (Wildman–Crippen LogP) is 3.90. The Morgan fingerprint density at radius 2 is 2.07 bits per heavy atom. The molecular formula is C22H24N4O2. The van der Waals surface area contributed by atoms with E-state index in [1.54, 1.807) is 0 Å². The molecule has 1 fully saturated rings. The number of rotatable bonds is 5. The van der Waals surface area contributed by atoms with E-state index in [2.05, 4.69) is 20.4 Å². The molecule has 1 N–H and O–H groups in total. The highest BCUT2D eigenvalue weighted by atomic mass is 16.5. The number of para-hydroxylation sites is 1.